The summed E-state index contributed by atoms with van der Waals surface area (Å²) in [6, 6.07) is 11.3. The Labute approximate surface area is 157 Å². The van der Waals surface area contributed by atoms with Crippen LogP contribution in [0.2, 0.25) is 0 Å². The van der Waals surface area contributed by atoms with Crippen LogP contribution in [0.4, 0.5) is 10.5 Å². The summed E-state index contributed by atoms with van der Waals surface area (Å²) in [4.78, 5) is 47.2. The number of carbonyl (C=O) groups excluding carboxylic acids is 4. The van der Waals surface area contributed by atoms with Crippen LogP contribution >= 0.6 is 11.8 Å². The Hall–Kier alpha value is -3.33. The molecule has 1 N–H and O–H groups in total. The van der Waals surface area contributed by atoms with Gasteiger partial charge in [0.1, 0.15) is 0 Å². The quantitative estimate of drug-likeness (QED) is 0.739. The van der Waals surface area contributed by atoms with Crippen molar-refractivity contribution in [3.63, 3.8) is 0 Å². The number of benzene rings is 2. The number of anilines is 1. The zero-order chi connectivity index (χ0) is 19.6. The third-order valence-electron chi connectivity index (χ3n) is 3.88. The maximum atomic E-state index is 12.5. The standard InChI is InChI=1S/C18H14N2O6S/c21-15-14(19-13-7-5-12(6-8-13)17(24)25)27-18(26)20(15)9-10-1-3-11(4-2-10)16(22)23/h1-8,14,19H,9H2,(H,22,23)(H,24,25)/p-2/t14-/m0/s1. The van der Waals surface area contributed by atoms with Gasteiger partial charge in [0.25, 0.3) is 11.1 Å². The first kappa shape index (κ1) is 18.5. The predicted octanol–water partition coefficient (Wildman–Crippen LogP) is 0.0472. The molecule has 9 heteroatoms. The minimum atomic E-state index is -1.31. The van der Waals surface area contributed by atoms with Crippen molar-refractivity contribution >= 4 is 40.5 Å². The van der Waals surface area contributed by atoms with Crippen LogP contribution in [0.1, 0.15) is 26.3 Å². The molecule has 1 fully saturated rings. The molecule has 1 heterocycles. The lowest BCUT2D eigenvalue weighted by atomic mass is 10.1. The maximum absolute atomic E-state index is 12.5. The van der Waals surface area contributed by atoms with Gasteiger partial charge in [-0.2, -0.15) is 0 Å². The molecule has 2 aromatic rings. The molecule has 1 aliphatic rings. The highest BCUT2D eigenvalue weighted by Crippen LogP contribution is 2.29. The highest BCUT2D eigenvalue weighted by atomic mass is 32.2. The van der Waals surface area contributed by atoms with Crippen molar-refractivity contribution in [3.8, 4) is 0 Å². The zero-order valence-corrected chi connectivity index (χ0v) is 14.5. The first-order valence-electron chi connectivity index (χ1n) is 7.75. The number of aromatic carboxylic acids is 2. The van der Waals surface area contributed by atoms with E-state index in [0.717, 1.165) is 16.7 Å². The molecule has 0 aromatic heterocycles. The van der Waals surface area contributed by atoms with Crippen LogP contribution in [0.5, 0.6) is 0 Å². The van der Waals surface area contributed by atoms with Gasteiger partial charge in [-0.25, -0.2) is 0 Å². The summed E-state index contributed by atoms with van der Waals surface area (Å²) in [6.45, 7) is 0.0137. The second-order valence-corrected chi connectivity index (χ2v) is 6.74. The SMILES string of the molecule is O=C([O-])c1ccc(CN2C(=O)S[C@H](Nc3ccc(C(=O)[O-])cc3)C2=O)cc1. The van der Waals surface area contributed by atoms with Gasteiger partial charge in [0.05, 0.1) is 18.5 Å². The minimum absolute atomic E-state index is 0.00339. The minimum Gasteiger partial charge on any atom is -0.545 e. The summed E-state index contributed by atoms with van der Waals surface area (Å²) < 4.78 is 0. The number of carboxylic acid groups (broad SMARTS) is 2. The van der Waals surface area contributed by atoms with Crippen molar-refractivity contribution in [1.29, 1.82) is 0 Å². The van der Waals surface area contributed by atoms with E-state index < -0.39 is 28.5 Å². The first-order valence-corrected chi connectivity index (χ1v) is 8.63. The van der Waals surface area contributed by atoms with Crippen LogP contribution in [0, 0.1) is 0 Å². The summed E-state index contributed by atoms with van der Waals surface area (Å²) in [5, 5.41) is 23.1. The largest absolute Gasteiger partial charge is 0.545 e. The van der Waals surface area contributed by atoms with Crippen LogP contribution in [-0.2, 0) is 11.3 Å². The molecule has 1 aliphatic heterocycles. The van der Waals surface area contributed by atoms with E-state index in [1.165, 1.54) is 48.5 Å². The van der Waals surface area contributed by atoms with E-state index in [2.05, 4.69) is 5.32 Å². The number of carbonyl (C=O) groups is 4. The molecule has 2 aromatic carbocycles. The van der Waals surface area contributed by atoms with E-state index in [1.54, 1.807) is 0 Å². The second kappa shape index (κ2) is 7.50. The smallest absolute Gasteiger partial charge is 0.291 e. The number of nitrogens with one attached hydrogen (secondary N) is 1. The zero-order valence-electron chi connectivity index (χ0n) is 13.7. The number of thioether (sulfide) groups is 1. The van der Waals surface area contributed by atoms with E-state index in [0.29, 0.717) is 11.3 Å². The van der Waals surface area contributed by atoms with Gasteiger partial charge in [0.15, 0.2) is 5.37 Å². The van der Waals surface area contributed by atoms with Gasteiger partial charge in [-0.1, -0.05) is 36.4 Å². The van der Waals surface area contributed by atoms with E-state index >= 15 is 0 Å². The van der Waals surface area contributed by atoms with Gasteiger partial charge < -0.3 is 25.1 Å². The van der Waals surface area contributed by atoms with E-state index in [9.17, 15) is 29.4 Å². The molecule has 1 atom stereocenters. The summed E-state index contributed by atoms with van der Waals surface area (Å²) in [6.07, 6.45) is 0. The number of hydrogen-bond acceptors (Lipinski definition) is 8. The third kappa shape index (κ3) is 4.09. The topological polar surface area (TPSA) is 130 Å². The average Bonchev–Trinajstić information content (AvgIpc) is 2.90. The summed E-state index contributed by atoms with van der Waals surface area (Å²) in [5.74, 6) is -3.06. The van der Waals surface area contributed by atoms with E-state index in [4.69, 9.17) is 0 Å². The molecule has 0 saturated carbocycles. The van der Waals surface area contributed by atoms with Gasteiger partial charge in [0.2, 0.25) is 0 Å². The Morgan fingerprint density at radius 2 is 1.44 bits per heavy atom. The van der Waals surface area contributed by atoms with Crippen LogP contribution in [0.3, 0.4) is 0 Å². The number of carboxylic acids is 2. The monoisotopic (exact) mass is 384 g/mol. The Bertz CT molecular complexity index is 910. The highest BCUT2D eigenvalue weighted by Gasteiger charge is 2.39. The summed E-state index contributed by atoms with van der Waals surface area (Å²) in [5.41, 5.74) is 1.09. The average molecular weight is 384 g/mol. The molecular formula is C18H12N2O6S-2. The Morgan fingerprint density at radius 1 is 0.926 bits per heavy atom. The number of amides is 2. The van der Waals surface area contributed by atoms with Crippen molar-refractivity contribution in [2.75, 3.05) is 5.32 Å². The summed E-state index contributed by atoms with van der Waals surface area (Å²) >= 11 is 0.808. The van der Waals surface area contributed by atoms with Crippen molar-refractivity contribution in [2.45, 2.75) is 11.9 Å². The first-order chi connectivity index (χ1) is 12.8. The lowest BCUT2D eigenvalue weighted by molar-refractivity contribution is -0.256. The number of nitrogens with zero attached hydrogens (tertiary/aromatic N) is 1. The van der Waals surface area contributed by atoms with Gasteiger partial charge in [-0.05, 0) is 40.6 Å². The van der Waals surface area contributed by atoms with Gasteiger partial charge >= 0.3 is 0 Å². The molecule has 0 unspecified atom stereocenters. The van der Waals surface area contributed by atoms with Gasteiger partial charge in [-0.3, -0.25) is 14.5 Å². The predicted molar refractivity (Wildman–Crippen MR) is 92.5 cm³/mol. The Balaban J connectivity index is 1.67. The molecule has 3 rings (SSSR count). The van der Waals surface area contributed by atoms with Crippen LogP contribution in [0.25, 0.3) is 0 Å². The molecule has 0 radical (unpaired) electrons. The normalized spacial score (nSPS) is 16.4. The molecule has 27 heavy (non-hydrogen) atoms. The fraction of sp³-hybridized carbons (Fsp3) is 0.111. The van der Waals surface area contributed by atoms with Gasteiger partial charge in [-0.15, -0.1) is 0 Å². The molecule has 0 aliphatic carbocycles. The van der Waals surface area contributed by atoms with Crippen LogP contribution < -0.4 is 15.5 Å². The molecule has 138 valence electrons. The van der Waals surface area contributed by atoms with Gasteiger partial charge in [0, 0.05) is 5.69 Å². The van der Waals surface area contributed by atoms with Crippen molar-refractivity contribution in [3.05, 3.63) is 65.2 Å². The van der Waals surface area contributed by atoms with Crippen LogP contribution in [-0.4, -0.2) is 33.4 Å². The van der Waals surface area contributed by atoms with E-state index in [-0.39, 0.29) is 17.7 Å². The maximum Gasteiger partial charge on any atom is 0.291 e. The summed E-state index contributed by atoms with van der Waals surface area (Å²) in [7, 11) is 0. The molecule has 8 nitrogen and oxygen atoms in total. The number of imide groups is 1. The fourth-order valence-electron chi connectivity index (χ4n) is 2.46. The molecule has 2 amide bonds. The molecule has 0 spiro atoms. The van der Waals surface area contributed by atoms with Crippen molar-refractivity contribution in [1.82, 2.24) is 4.90 Å². The lowest BCUT2D eigenvalue weighted by Crippen LogP contribution is -2.34. The van der Waals surface area contributed by atoms with Crippen LogP contribution in [0.15, 0.2) is 48.5 Å². The third-order valence-corrected chi connectivity index (χ3v) is 4.86. The fourth-order valence-corrected chi connectivity index (χ4v) is 3.37. The second-order valence-electron chi connectivity index (χ2n) is 5.68. The lowest BCUT2D eigenvalue weighted by Gasteiger charge is -2.15. The number of rotatable bonds is 6. The molecule has 1 saturated heterocycles. The van der Waals surface area contributed by atoms with Crippen molar-refractivity contribution in [2.24, 2.45) is 0 Å². The molecular weight excluding hydrogens is 372 g/mol. The Morgan fingerprint density at radius 3 is 1.96 bits per heavy atom. The number of hydrogen-bond donors (Lipinski definition) is 1. The highest BCUT2D eigenvalue weighted by molar-refractivity contribution is 8.15. The van der Waals surface area contributed by atoms with E-state index in [1.807, 2.05) is 0 Å². The Kier molecular flexibility index (Phi) is 5.13. The van der Waals surface area contributed by atoms with Crippen molar-refractivity contribution < 1.29 is 29.4 Å². The molecule has 0 bridgehead atoms.